The summed E-state index contributed by atoms with van der Waals surface area (Å²) in [6.45, 7) is 8.09. The van der Waals surface area contributed by atoms with E-state index in [1.165, 1.54) is 11.0 Å². The van der Waals surface area contributed by atoms with E-state index in [9.17, 15) is 0 Å². The molecule has 7 nitrogen and oxygen atoms in total. The van der Waals surface area contributed by atoms with Gasteiger partial charge in [-0.25, -0.2) is 4.98 Å². The van der Waals surface area contributed by atoms with Crippen LogP contribution in [0.25, 0.3) is 5.82 Å². The van der Waals surface area contributed by atoms with Crippen LogP contribution < -0.4 is 5.46 Å². The lowest BCUT2D eigenvalue weighted by Crippen LogP contribution is -2.41. The molecule has 8 heteroatoms. The molecule has 0 spiro atoms. The summed E-state index contributed by atoms with van der Waals surface area (Å²) >= 11 is 0. The summed E-state index contributed by atoms with van der Waals surface area (Å²) in [4.78, 5) is 4.32. The Labute approximate surface area is 117 Å². The van der Waals surface area contributed by atoms with Gasteiger partial charge in [0.25, 0.3) is 0 Å². The van der Waals surface area contributed by atoms with Gasteiger partial charge >= 0.3 is 7.12 Å². The topological polar surface area (TPSA) is 75.0 Å². The third kappa shape index (κ3) is 2.10. The van der Waals surface area contributed by atoms with Crippen molar-refractivity contribution in [2.45, 2.75) is 38.9 Å². The molecule has 2 aromatic rings. The lowest BCUT2D eigenvalue weighted by Gasteiger charge is -2.32. The van der Waals surface area contributed by atoms with Crippen molar-refractivity contribution in [3.05, 3.63) is 24.7 Å². The summed E-state index contributed by atoms with van der Waals surface area (Å²) < 4.78 is 13.4. The lowest BCUT2D eigenvalue weighted by atomic mass is 9.80. The third-order valence-electron chi connectivity index (χ3n) is 3.88. The molecule has 0 radical (unpaired) electrons. The first-order valence-electron chi connectivity index (χ1n) is 6.44. The second-order valence-corrected chi connectivity index (χ2v) is 5.79. The zero-order valence-electron chi connectivity index (χ0n) is 11.9. The van der Waals surface area contributed by atoms with Crippen molar-refractivity contribution in [3.63, 3.8) is 0 Å². The fourth-order valence-electron chi connectivity index (χ4n) is 1.92. The maximum Gasteiger partial charge on any atom is 0.496 e. The number of tetrazole rings is 1. The van der Waals surface area contributed by atoms with E-state index in [0.29, 0.717) is 5.82 Å². The van der Waals surface area contributed by atoms with E-state index >= 15 is 0 Å². The SMILES string of the molecule is CC1(C)OB(c2ccc(-n3cnnn3)nc2)OC1(C)C. The van der Waals surface area contributed by atoms with Gasteiger partial charge in [-0.05, 0) is 44.2 Å². The van der Waals surface area contributed by atoms with Gasteiger partial charge in [-0.3, -0.25) is 0 Å². The Kier molecular flexibility index (Phi) is 2.88. The molecule has 0 atom stereocenters. The number of pyridine rings is 1. The van der Waals surface area contributed by atoms with Gasteiger partial charge in [0.15, 0.2) is 5.82 Å². The molecule has 3 heterocycles. The number of hydrogen-bond donors (Lipinski definition) is 0. The molecule has 0 N–H and O–H groups in total. The Morgan fingerprint density at radius 1 is 1.10 bits per heavy atom. The standard InChI is InChI=1S/C12H16BN5O2/c1-11(2)12(3,4)20-13(19-11)9-5-6-10(14-7-9)18-8-15-16-17-18/h5-8H,1-4H3. The molecular weight excluding hydrogens is 257 g/mol. The Bertz CT molecular complexity index is 581. The Hall–Kier alpha value is -1.80. The molecule has 0 unspecified atom stereocenters. The van der Waals surface area contributed by atoms with Gasteiger partial charge in [0, 0.05) is 11.7 Å². The molecule has 3 rings (SSSR count). The summed E-state index contributed by atoms with van der Waals surface area (Å²) in [5, 5.41) is 10.9. The smallest absolute Gasteiger partial charge is 0.399 e. The first kappa shape index (κ1) is 13.2. The fraction of sp³-hybridized carbons (Fsp3) is 0.500. The molecular formula is C12H16BN5O2. The molecule has 104 valence electrons. The summed E-state index contributed by atoms with van der Waals surface area (Å²) in [6, 6.07) is 3.74. The highest BCUT2D eigenvalue weighted by Crippen LogP contribution is 2.36. The largest absolute Gasteiger partial charge is 0.496 e. The van der Waals surface area contributed by atoms with Crippen LogP contribution >= 0.6 is 0 Å². The molecule has 1 saturated heterocycles. The van der Waals surface area contributed by atoms with Crippen LogP contribution in [0.15, 0.2) is 24.7 Å². The second kappa shape index (κ2) is 4.36. The van der Waals surface area contributed by atoms with E-state index in [4.69, 9.17) is 9.31 Å². The molecule has 0 aliphatic carbocycles. The first-order chi connectivity index (χ1) is 9.39. The van der Waals surface area contributed by atoms with Crippen molar-refractivity contribution in [2.75, 3.05) is 0 Å². The minimum Gasteiger partial charge on any atom is -0.399 e. The molecule has 0 aromatic carbocycles. The number of nitrogens with zero attached hydrogens (tertiary/aromatic N) is 5. The number of rotatable bonds is 2. The van der Waals surface area contributed by atoms with E-state index in [1.54, 1.807) is 6.20 Å². The highest BCUT2D eigenvalue weighted by Gasteiger charge is 2.51. The van der Waals surface area contributed by atoms with Crippen LogP contribution in [0, 0.1) is 0 Å². The lowest BCUT2D eigenvalue weighted by molar-refractivity contribution is 0.00578. The van der Waals surface area contributed by atoms with Crippen molar-refractivity contribution in [3.8, 4) is 5.82 Å². The Balaban J connectivity index is 1.83. The molecule has 0 amide bonds. The normalized spacial score (nSPS) is 20.3. The van der Waals surface area contributed by atoms with Gasteiger partial charge in [0.1, 0.15) is 6.33 Å². The average molecular weight is 273 g/mol. The molecule has 1 aliphatic rings. The molecule has 1 fully saturated rings. The van der Waals surface area contributed by atoms with Crippen LogP contribution in [0.4, 0.5) is 0 Å². The van der Waals surface area contributed by atoms with Crippen LogP contribution in [0.2, 0.25) is 0 Å². The second-order valence-electron chi connectivity index (χ2n) is 5.79. The van der Waals surface area contributed by atoms with Crippen LogP contribution in [-0.2, 0) is 9.31 Å². The van der Waals surface area contributed by atoms with Crippen LogP contribution in [-0.4, -0.2) is 43.5 Å². The minimum absolute atomic E-state index is 0.355. The van der Waals surface area contributed by atoms with Crippen molar-refractivity contribution in [2.24, 2.45) is 0 Å². The maximum atomic E-state index is 5.97. The van der Waals surface area contributed by atoms with Gasteiger partial charge in [-0.15, -0.1) is 5.10 Å². The third-order valence-corrected chi connectivity index (χ3v) is 3.88. The first-order valence-corrected chi connectivity index (χ1v) is 6.44. The Morgan fingerprint density at radius 3 is 2.30 bits per heavy atom. The van der Waals surface area contributed by atoms with E-state index < -0.39 is 7.12 Å². The molecule has 20 heavy (non-hydrogen) atoms. The van der Waals surface area contributed by atoms with Gasteiger partial charge < -0.3 is 9.31 Å². The molecule has 0 saturated carbocycles. The average Bonchev–Trinajstić information content (AvgIpc) is 2.97. The van der Waals surface area contributed by atoms with Gasteiger partial charge in [0.2, 0.25) is 0 Å². The molecule has 0 bridgehead atoms. The van der Waals surface area contributed by atoms with Gasteiger partial charge in [-0.2, -0.15) is 4.68 Å². The van der Waals surface area contributed by atoms with E-state index in [2.05, 4.69) is 20.5 Å². The Morgan fingerprint density at radius 2 is 1.80 bits per heavy atom. The fourth-order valence-corrected chi connectivity index (χ4v) is 1.92. The van der Waals surface area contributed by atoms with E-state index in [0.717, 1.165) is 5.46 Å². The van der Waals surface area contributed by atoms with Crippen molar-refractivity contribution < 1.29 is 9.31 Å². The summed E-state index contributed by atoms with van der Waals surface area (Å²) in [6.07, 6.45) is 3.22. The maximum absolute atomic E-state index is 5.97. The number of hydrogen-bond acceptors (Lipinski definition) is 6. The summed E-state index contributed by atoms with van der Waals surface area (Å²) in [7, 11) is -0.407. The predicted octanol–water partition coefficient (Wildman–Crippen LogP) is 0.356. The van der Waals surface area contributed by atoms with Crippen LogP contribution in [0.1, 0.15) is 27.7 Å². The summed E-state index contributed by atoms with van der Waals surface area (Å²) in [5.74, 6) is 0.648. The predicted molar refractivity (Wildman–Crippen MR) is 72.7 cm³/mol. The molecule has 2 aromatic heterocycles. The quantitative estimate of drug-likeness (QED) is 0.735. The van der Waals surface area contributed by atoms with Crippen LogP contribution in [0.3, 0.4) is 0 Å². The van der Waals surface area contributed by atoms with Gasteiger partial charge in [-0.1, -0.05) is 6.07 Å². The van der Waals surface area contributed by atoms with Crippen molar-refractivity contribution in [1.29, 1.82) is 0 Å². The highest BCUT2D eigenvalue weighted by atomic mass is 16.7. The van der Waals surface area contributed by atoms with E-state index in [-0.39, 0.29) is 11.2 Å². The van der Waals surface area contributed by atoms with Crippen molar-refractivity contribution in [1.82, 2.24) is 25.2 Å². The minimum atomic E-state index is -0.407. The highest BCUT2D eigenvalue weighted by molar-refractivity contribution is 6.62. The van der Waals surface area contributed by atoms with Crippen molar-refractivity contribution >= 4 is 12.6 Å². The zero-order chi connectivity index (χ0) is 14.4. The monoisotopic (exact) mass is 273 g/mol. The summed E-state index contributed by atoms with van der Waals surface area (Å²) in [5.41, 5.74) is 0.165. The van der Waals surface area contributed by atoms with E-state index in [1.807, 2.05) is 39.8 Å². The molecule has 1 aliphatic heterocycles. The van der Waals surface area contributed by atoms with Gasteiger partial charge in [0.05, 0.1) is 11.2 Å². The van der Waals surface area contributed by atoms with Crippen LogP contribution in [0.5, 0.6) is 0 Å². The zero-order valence-corrected chi connectivity index (χ0v) is 11.9. The number of aromatic nitrogens is 5.